The minimum atomic E-state index is 0.856. The average Bonchev–Trinajstić information content (AvgIpc) is 3.57. The number of fused-ring (bicyclic) bond motifs is 7. The van der Waals surface area contributed by atoms with Crippen molar-refractivity contribution in [2.24, 2.45) is 0 Å². The van der Waals surface area contributed by atoms with Gasteiger partial charge in [-0.25, -0.2) is 0 Å². The van der Waals surface area contributed by atoms with Crippen LogP contribution in [0.25, 0.3) is 76.6 Å². The van der Waals surface area contributed by atoms with E-state index in [1.807, 2.05) is 24.4 Å². The molecule has 0 aliphatic heterocycles. The maximum Gasteiger partial charge on any atom is 0.146 e. The summed E-state index contributed by atoms with van der Waals surface area (Å²) in [4.78, 5) is 7.44. The molecular formula is C47H30N2O. The lowest BCUT2D eigenvalue weighted by molar-refractivity contribution is 0.672. The van der Waals surface area contributed by atoms with Gasteiger partial charge in [-0.1, -0.05) is 127 Å². The molecule has 0 N–H and O–H groups in total. The third kappa shape index (κ3) is 4.63. The van der Waals surface area contributed by atoms with E-state index in [0.717, 1.165) is 55.5 Å². The normalized spacial score (nSPS) is 11.6. The molecule has 0 atom stereocenters. The van der Waals surface area contributed by atoms with Crippen LogP contribution in [0.1, 0.15) is 0 Å². The zero-order valence-corrected chi connectivity index (χ0v) is 27.1. The van der Waals surface area contributed by atoms with Crippen molar-refractivity contribution in [1.82, 2.24) is 4.98 Å². The van der Waals surface area contributed by atoms with Crippen LogP contribution >= 0.6 is 0 Å². The van der Waals surface area contributed by atoms with Gasteiger partial charge < -0.3 is 9.32 Å². The first kappa shape index (κ1) is 28.3. The van der Waals surface area contributed by atoms with E-state index in [-0.39, 0.29) is 0 Å². The Kier molecular flexibility index (Phi) is 6.49. The highest BCUT2D eigenvalue weighted by molar-refractivity contribution is 6.16. The molecule has 10 aromatic rings. The van der Waals surface area contributed by atoms with E-state index in [1.54, 1.807) is 0 Å². The molecule has 0 fully saturated rings. The standard InChI is InChI=1S/C47H30N2O/c1-2-12-34-28-35(23-22-31(34)10-1)32-24-26-37(27-25-32)49(38-15-7-14-36(29-38)40-18-8-13-33-11-3-4-16-39(33)40)44-20-9-19-42-46(44)48-30-43-41-17-5-6-21-45(41)50-47(42)43/h1-30H. The predicted molar refractivity (Wildman–Crippen MR) is 210 cm³/mol. The lowest BCUT2D eigenvalue weighted by Crippen LogP contribution is -2.11. The molecule has 234 valence electrons. The number of aromatic nitrogens is 1. The molecule has 0 radical (unpaired) electrons. The second-order valence-electron chi connectivity index (χ2n) is 12.8. The van der Waals surface area contributed by atoms with Gasteiger partial charge in [-0.05, 0) is 92.3 Å². The monoisotopic (exact) mass is 638 g/mol. The van der Waals surface area contributed by atoms with Gasteiger partial charge in [0.2, 0.25) is 0 Å². The molecule has 10 rings (SSSR count). The first-order valence-electron chi connectivity index (χ1n) is 17.0. The van der Waals surface area contributed by atoms with Gasteiger partial charge in [-0.2, -0.15) is 0 Å². The molecule has 0 bridgehead atoms. The fraction of sp³-hybridized carbons (Fsp3) is 0. The summed E-state index contributed by atoms with van der Waals surface area (Å²) in [6.45, 7) is 0. The van der Waals surface area contributed by atoms with E-state index in [1.165, 1.54) is 38.2 Å². The lowest BCUT2D eigenvalue weighted by Gasteiger charge is -2.27. The largest absolute Gasteiger partial charge is 0.455 e. The highest BCUT2D eigenvalue weighted by Crippen LogP contribution is 2.43. The van der Waals surface area contributed by atoms with Crippen molar-refractivity contribution >= 4 is 71.4 Å². The summed E-state index contributed by atoms with van der Waals surface area (Å²) in [5, 5.41) is 8.02. The third-order valence-electron chi connectivity index (χ3n) is 9.87. The Hall–Kier alpha value is -6.71. The first-order valence-corrected chi connectivity index (χ1v) is 17.0. The maximum absolute atomic E-state index is 6.47. The van der Waals surface area contributed by atoms with Crippen molar-refractivity contribution in [3.8, 4) is 22.3 Å². The van der Waals surface area contributed by atoms with E-state index in [0.29, 0.717) is 0 Å². The van der Waals surface area contributed by atoms with Crippen LogP contribution in [0.3, 0.4) is 0 Å². The Morgan fingerprint density at radius 2 is 1.12 bits per heavy atom. The predicted octanol–water partition coefficient (Wildman–Crippen LogP) is 13.2. The summed E-state index contributed by atoms with van der Waals surface area (Å²) in [6.07, 6.45) is 1.96. The van der Waals surface area contributed by atoms with Crippen LogP contribution in [0.4, 0.5) is 17.1 Å². The zero-order valence-electron chi connectivity index (χ0n) is 27.1. The molecule has 0 unspecified atom stereocenters. The second-order valence-corrected chi connectivity index (χ2v) is 12.8. The summed E-state index contributed by atoms with van der Waals surface area (Å²) >= 11 is 0. The van der Waals surface area contributed by atoms with Crippen molar-refractivity contribution in [3.05, 3.63) is 182 Å². The van der Waals surface area contributed by atoms with Crippen LogP contribution in [-0.2, 0) is 0 Å². The van der Waals surface area contributed by atoms with E-state index >= 15 is 0 Å². The molecule has 0 aliphatic rings. The molecule has 0 aliphatic carbocycles. The van der Waals surface area contributed by atoms with Gasteiger partial charge in [0.15, 0.2) is 0 Å². The van der Waals surface area contributed by atoms with Crippen LogP contribution in [0, 0.1) is 0 Å². The van der Waals surface area contributed by atoms with Crippen LogP contribution in [0.2, 0.25) is 0 Å². The molecular weight excluding hydrogens is 609 g/mol. The summed E-state index contributed by atoms with van der Waals surface area (Å²) in [5.74, 6) is 0. The maximum atomic E-state index is 6.47. The van der Waals surface area contributed by atoms with E-state index < -0.39 is 0 Å². The Morgan fingerprint density at radius 3 is 2.02 bits per heavy atom. The number of para-hydroxylation sites is 2. The molecule has 0 saturated heterocycles. The second kappa shape index (κ2) is 11.5. The fourth-order valence-corrected chi connectivity index (χ4v) is 7.44. The first-order chi connectivity index (χ1) is 24.8. The van der Waals surface area contributed by atoms with Crippen LogP contribution in [0.15, 0.2) is 187 Å². The van der Waals surface area contributed by atoms with Crippen molar-refractivity contribution in [1.29, 1.82) is 0 Å². The van der Waals surface area contributed by atoms with E-state index in [2.05, 4.69) is 163 Å². The quantitative estimate of drug-likeness (QED) is 0.188. The highest BCUT2D eigenvalue weighted by Gasteiger charge is 2.20. The molecule has 2 heterocycles. The Morgan fingerprint density at radius 1 is 0.420 bits per heavy atom. The summed E-state index contributed by atoms with van der Waals surface area (Å²) in [6, 6.07) is 62.5. The van der Waals surface area contributed by atoms with Gasteiger partial charge in [0.05, 0.1) is 11.2 Å². The van der Waals surface area contributed by atoms with Gasteiger partial charge in [0.1, 0.15) is 11.2 Å². The number of furan rings is 1. The SMILES string of the molecule is c1cc(-c2cccc3ccccc23)cc(N(c2ccc(-c3ccc4ccccc4c3)cc2)c2cccc3c2ncc2c4ccccc4oc32)c1. The lowest BCUT2D eigenvalue weighted by atomic mass is 9.97. The molecule has 0 spiro atoms. The molecule has 3 heteroatoms. The summed E-state index contributed by atoms with van der Waals surface area (Å²) in [5.41, 5.74) is 10.4. The number of hydrogen-bond acceptors (Lipinski definition) is 3. The smallest absolute Gasteiger partial charge is 0.146 e. The number of rotatable bonds is 5. The van der Waals surface area contributed by atoms with Crippen LogP contribution in [-0.4, -0.2) is 4.98 Å². The number of benzene rings is 8. The number of hydrogen-bond donors (Lipinski definition) is 0. The Balaban J connectivity index is 1.16. The van der Waals surface area contributed by atoms with E-state index in [9.17, 15) is 0 Å². The Bertz CT molecular complexity index is 2880. The van der Waals surface area contributed by atoms with Gasteiger partial charge >= 0.3 is 0 Å². The van der Waals surface area contributed by atoms with Crippen molar-refractivity contribution in [2.45, 2.75) is 0 Å². The minimum Gasteiger partial charge on any atom is -0.455 e. The molecule has 2 aromatic heterocycles. The molecule has 0 amide bonds. The van der Waals surface area contributed by atoms with Crippen LogP contribution < -0.4 is 4.90 Å². The van der Waals surface area contributed by atoms with Gasteiger partial charge in [0.25, 0.3) is 0 Å². The van der Waals surface area contributed by atoms with Crippen LogP contribution in [0.5, 0.6) is 0 Å². The molecule has 50 heavy (non-hydrogen) atoms. The van der Waals surface area contributed by atoms with Crippen molar-refractivity contribution < 1.29 is 4.42 Å². The number of pyridine rings is 1. The topological polar surface area (TPSA) is 29.3 Å². The molecule has 8 aromatic carbocycles. The van der Waals surface area contributed by atoms with Gasteiger partial charge in [-0.15, -0.1) is 0 Å². The Labute approximate surface area is 289 Å². The van der Waals surface area contributed by atoms with Gasteiger partial charge in [-0.3, -0.25) is 4.98 Å². The third-order valence-corrected chi connectivity index (χ3v) is 9.87. The molecule has 0 saturated carbocycles. The minimum absolute atomic E-state index is 0.856. The van der Waals surface area contributed by atoms with E-state index in [4.69, 9.17) is 9.40 Å². The van der Waals surface area contributed by atoms with Gasteiger partial charge in [0, 0.05) is 33.7 Å². The zero-order chi connectivity index (χ0) is 33.0. The molecule has 3 nitrogen and oxygen atoms in total. The average molecular weight is 639 g/mol. The fourth-order valence-electron chi connectivity index (χ4n) is 7.44. The van der Waals surface area contributed by atoms with Crippen molar-refractivity contribution in [2.75, 3.05) is 4.90 Å². The van der Waals surface area contributed by atoms with Crippen molar-refractivity contribution in [3.63, 3.8) is 0 Å². The highest BCUT2D eigenvalue weighted by atomic mass is 16.3. The number of anilines is 3. The number of nitrogens with zero attached hydrogens (tertiary/aromatic N) is 2. The summed E-state index contributed by atoms with van der Waals surface area (Å²) < 4.78 is 6.47. The summed E-state index contributed by atoms with van der Waals surface area (Å²) in [7, 11) is 0.